The fraction of sp³-hybridized carbons (Fsp3) is 0.500. The molecular formula is C6H12N4. The first-order chi connectivity index (χ1) is 4.75. The van der Waals surface area contributed by atoms with E-state index in [9.17, 15) is 0 Å². The molecule has 0 atom stereocenters. The van der Waals surface area contributed by atoms with Crippen LogP contribution in [0.15, 0.2) is 6.20 Å². The molecule has 0 amide bonds. The van der Waals surface area contributed by atoms with Gasteiger partial charge in [-0.3, -0.25) is 4.68 Å². The number of hydrogen-bond acceptors (Lipinski definition) is 3. The Kier molecular flexibility index (Phi) is 1.91. The highest BCUT2D eigenvalue weighted by atomic mass is 15.3. The van der Waals surface area contributed by atoms with Crippen LogP contribution in [0.4, 0.5) is 5.69 Å². The van der Waals surface area contributed by atoms with Crippen LogP contribution in [0.3, 0.4) is 0 Å². The summed E-state index contributed by atoms with van der Waals surface area (Å²) in [6.45, 7) is 0.615. The molecule has 4 nitrogen and oxygen atoms in total. The maximum Gasteiger partial charge on any atom is 0.0733 e. The Labute approximate surface area is 59.8 Å². The molecule has 0 saturated heterocycles. The number of aryl methyl sites for hydroxylation is 1. The van der Waals surface area contributed by atoms with Crippen LogP contribution in [-0.4, -0.2) is 16.3 Å². The van der Waals surface area contributed by atoms with E-state index in [0.29, 0.717) is 6.54 Å². The Morgan fingerprint density at radius 3 is 2.80 bits per heavy atom. The fourth-order valence-corrected chi connectivity index (χ4v) is 0.923. The minimum Gasteiger partial charge on any atom is -0.396 e. The van der Waals surface area contributed by atoms with E-state index < -0.39 is 0 Å². The van der Waals surface area contributed by atoms with Crippen LogP contribution in [0.5, 0.6) is 0 Å². The van der Waals surface area contributed by atoms with Gasteiger partial charge >= 0.3 is 0 Å². The molecule has 0 aromatic carbocycles. The molecule has 1 aromatic heterocycles. The number of aromatic nitrogens is 2. The van der Waals surface area contributed by atoms with Crippen molar-refractivity contribution in [2.45, 2.75) is 6.42 Å². The largest absolute Gasteiger partial charge is 0.396 e. The average Bonchev–Trinajstić information content (AvgIpc) is 2.20. The number of anilines is 1. The van der Waals surface area contributed by atoms with Gasteiger partial charge in [0.15, 0.2) is 0 Å². The van der Waals surface area contributed by atoms with Gasteiger partial charge in [0.2, 0.25) is 0 Å². The fourth-order valence-electron chi connectivity index (χ4n) is 0.923. The topological polar surface area (TPSA) is 69.9 Å². The Morgan fingerprint density at radius 2 is 2.40 bits per heavy atom. The van der Waals surface area contributed by atoms with Crippen molar-refractivity contribution in [1.82, 2.24) is 9.78 Å². The molecule has 0 unspecified atom stereocenters. The first-order valence-electron chi connectivity index (χ1n) is 3.22. The standard InChI is InChI=1S/C6H12N4/c1-10-6(2-3-7)5(8)4-9-10/h4H,2-3,7-8H2,1H3. The minimum absolute atomic E-state index is 0.615. The van der Waals surface area contributed by atoms with Crippen molar-refractivity contribution in [3.63, 3.8) is 0 Å². The molecule has 0 fully saturated rings. The summed E-state index contributed by atoms with van der Waals surface area (Å²) in [4.78, 5) is 0. The van der Waals surface area contributed by atoms with Gasteiger partial charge in [-0.2, -0.15) is 5.10 Å². The summed E-state index contributed by atoms with van der Waals surface area (Å²) < 4.78 is 1.75. The summed E-state index contributed by atoms with van der Waals surface area (Å²) in [7, 11) is 1.86. The molecule has 0 radical (unpaired) electrons. The zero-order valence-corrected chi connectivity index (χ0v) is 6.04. The molecule has 0 saturated carbocycles. The van der Waals surface area contributed by atoms with Gasteiger partial charge in [0.1, 0.15) is 0 Å². The van der Waals surface area contributed by atoms with Gasteiger partial charge in [-0.25, -0.2) is 0 Å². The Balaban J connectivity index is 2.87. The lowest BCUT2D eigenvalue weighted by molar-refractivity contribution is 0.707. The molecule has 1 aromatic rings. The van der Waals surface area contributed by atoms with Gasteiger partial charge in [-0.15, -0.1) is 0 Å². The number of nitrogens with two attached hydrogens (primary N) is 2. The van der Waals surface area contributed by atoms with E-state index in [-0.39, 0.29) is 0 Å². The molecule has 0 spiro atoms. The molecule has 10 heavy (non-hydrogen) atoms. The van der Waals surface area contributed by atoms with Gasteiger partial charge in [-0.1, -0.05) is 0 Å². The second-order valence-electron chi connectivity index (χ2n) is 2.21. The Bertz CT molecular complexity index is 196. The van der Waals surface area contributed by atoms with Crippen LogP contribution in [0.2, 0.25) is 0 Å². The molecule has 4 N–H and O–H groups in total. The van der Waals surface area contributed by atoms with E-state index in [1.165, 1.54) is 0 Å². The molecule has 0 aliphatic carbocycles. The number of hydrogen-bond donors (Lipinski definition) is 2. The van der Waals surface area contributed by atoms with E-state index >= 15 is 0 Å². The van der Waals surface area contributed by atoms with Gasteiger partial charge in [0.25, 0.3) is 0 Å². The van der Waals surface area contributed by atoms with E-state index in [4.69, 9.17) is 11.5 Å². The maximum absolute atomic E-state index is 5.59. The van der Waals surface area contributed by atoms with Crippen molar-refractivity contribution < 1.29 is 0 Å². The third kappa shape index (κ3) is 1.11. The summed E-state index contributed by atoms with van der Waals surface area (Å²) in [6.07, 6.45) is 2.44. The van der Waals surface area contributed by atoms with Gasteiger partial charge in [0.05, 0.1) is 17.6 Å². The third-order valence-electron chi connectivity index (χ3n) is 1.48. The molecule has 1 heterocycles. The lowest BCUT2D eigenvalue weighted by atomic mass is 10.3. The zero-order chi connectivity index (χ0) is 7.56. The molecule has 0 bridgehead atoms. The van der Waals surface area contributed by atoms with Crippen molar-refractivity contribution in [3.8, 4) is 0 Å². The van der Waals surface area contributed by atoms with Crippen LogP contribution >= 0.6 is 0 Å². The van der Waals surface area contributed by atoms with E-state index in [0.717, 1.165) is 17.8 Å². The van der Waals surface area contributed by atoms with Crippen LogP contribution < -0.4 is 11.5 Å². The zero-order valence-electron chi connectivity index (χ0n) is 6.04. The van der Waals surface area contributed by atoms with Crippen molar-refractivity contribution in [3.05, 3.63) is 11.9 Å². The van der Waals surface area contributed by atoms with Crippen LogP contribution in [-0.2, 0) is 13.5 Å². The SMILES string of the molecule is Cn1ncc(N)c1CCN. The van der Waals surface area contributed by atoms with Crippen LogP contribution in [0.25, 0.3) is 0 Å². The second kappa shape index (κ2) is 2.70. The quantitative estimate of drug-likeness (QED) is 0.582. The van der Waals surface area contributed by atoms with E-state index in [1.807, 2.05) is 7.05 Å². The summed E-state index contributed by atoms with van der Waals surface area (Å²) in [5.74, 6) is 0. The van der Waals surface area contributed by atoms with Gasteiger partial charge in [0, 0.05) is 13.5 Å². The molecule has 4 heteroatoms. The second-order valence-corrected chi connectivity index (χ2v) is 2.21. The predicted molar refractivity (Wildman–Crippen MR) is 40.4 cm³/mol. The normalized spacial score (nSPS) is 10.2. The molecular weight excluding hydrogens is 128 g/mol. The highest BCUT2D eigenvalue weighted by Gasteiger charge is 2.01. The summed E-state index contributed by atoms with van der Waals surface area (Å²) >= 11 is 0. The number of nitrogens with zero attached hydrogens (tertiary/aromatic N) is 2. The Hall–Kier alpha value is -1.03. The highest BCUT2D eigenvalue weighted by molar-refractivity contribution is 5.40. The lowest BCUT2D eigenvalue weighted by Crippen LogP contribution is -2.08. The maximum atomic E-state index is 5.59. The smallest absolute Gasteiger partial charge is 0.0733 e. The van der Waals surface area contributed by atoms with Gasteiger partial charge in [-0.05, 0) is 6.54 Å². The first kappa shape index (κ1) is 7.08. The van der Waals surface area contributed by atoms with Crippen LogP contribution in [0.1, 0.15) is 5.69 Å². The van der Waals surface area contributed by atoms with Crippen molar-refractivity contribution in [2.75, 3.05) is 12.3 Å². The van der Waals surface area contributed by atoms with E-state index in [1.54, 1.807) is 10.9 Å². The van der Waals surface area contributed by atoms with Crippen molar-refractivity contribution in [1.29, 1.82) is 0 Å². The lowest BCUT2D eigenvalue weighted by Gasteiger charge is -1.99. The predicted octanol–water partition coefficient (Wildman–Crippen LogP) is -0.496. The minimum atomic E-state index is 0.615. The van der Waals surface area contributed by atoms with Crippen LogP contribution in [0, 0.1) is 0 Å². The molecule has 0 aliphatic rings. The third-order valence-corrected chi connectivity index (χ3v) is 1.48. The molecule has 0 aliphatic heterocycles. The van der Waals surface area contributed by atoms with Crippen molar-refractivity contribution >= 4 is 5.69 Å². The summed E-state index contributed by atoms with van der Waals surface area (Å²) in [6, 6.07) is 0. The summed E-state index contributed by atoms with van der Waals surface area (Å²) in [5.41, 5.74) is 12.7. The van der Waals surface area contributed by atoms with Crippen molar-refractivity contribution in [2.24, 2.45) is 12.8 Å². The number of rotatable bonds is 2. The molecule has 56 valence electrons. The molecule has 1 rings (SSSR count). The monoisotopic (exact) mass is 140 g/mol. The highest BCUT2D eigenvalue weighted by Crippen LogP contribution is 2.08. The average molecular weight is 140 g/mol. The Morgan fingerprint density at radius 1 is 1.70 bits per heavy atom. The first-order valence-corrected chi connectivity index (χ1v) is 3.22. The van der Waals surface area contributed by atoms with Gasteiger partial charge < -0.3 is 11.5 Å². The summed E-state index contributed by atoms with van der Waals surface area (Å²) in [5, 5.41) is 3.97. The van der Waals surface area contributed by atoms with E-state index in [2.05, 4.69) is 5.10 Å². The number of nitrogen functional groups attached to an aromatic ring is 1.